The lowest BCUT2D eigenvalue weighted by atomic mass is 10.2. The third kappa shape index (κ3) is 6.48. The van der Waals surface area contributed by atoms with E-state index in [-0.39, 0.29) is 5.48 Å². The molecule has 0 aliphatic rings. The average molecular weight is 249 g/mol. The Hall–Kier alpha value is -1.67. The predicted molar refractivity (Wildman–Crippen MR) is 60.1 cm³/mol. The van der Waals surface area contributed by atoms with Gasteiger partial charge in [0.05, 0.1) is 6.04 Å². The van der Waals surface area contributed by atoms with E-state index >= 15 is 0 Å². The van der Waals surface area contributed by atoms with Crippen LogP contribution < -0.4 is 16.4 Å². The number of hydrogen-bond donors (Lipinski definition) is 4. The number of carbonyl (C=O) groups is 3. The first-order valence-corrected chi connectivity index (χ1v) is 4.84. The Morgan fingerprint density at radius 3 is 1.76 bits per heavy atom. The highest BCUT2D eigenvalue weighted by molar-refractivity contribution is 5.91. The molecule has 0 aliphatic carbocycles. The van der Waals surface area contributed by atoms with Crippen molar-refractivity contribution in [1.29, 1.82) is 0 Å². The van der Waals surface area contributed by atoms with Crippen molar-refractivity contribution in [3.8, 4) is 0 Å². The molecule has 0 aliphatic heterocycles. The number of hydrogen-bond acceptors (Lipinski definition) is 4. The van der Waals surface area contributed by atoms with Crippen molar-refractivity contribution in [1.82, 2.24) is 10.6 Å². The predicted octanol–water partition coefficient (Wildman–Crippen LogP) is -2.40. The second-order valence-corrected chi connectivity index (χ2v) is 3.59. The van der Waals surface area contributed by atoms with E-state index in [1.807, 2.05) is 0 Å². The van der Waals surface area contributed by atoms with Crippen LogP contribution in [0.4, 0.5) is 0 Å². The Bertz CT molecular complexity index is 292. The number of aliphatic carboxylic acids is 1. The lowest BCUT2D eigenvalue weighted by Crippen LogP contribution is -2.52. The molecule has 0 unspecified atom stereocenters. The number of amides is 2. The number of nitrogens with two attached hydrogens (primary N) is 1. The molecule has 100 valence electrons. The lowest BCUT2D eigenvalue weighted by Gasteiger charge is -2.17. The summed E-state index contributed by atoms with van der Waals surface area (Å²) in [6.45, 7) is 4.27. The van der Waals surface area contributed by atoms with Crippen LogP contribution in [-0.2, 0) is 14.4 Å². The molecule has 0 fully saturated rings. The Morgan fingerprint density at radius 1 is 1.00 bits per heavy atom. The summed E-state index contributed by atoms with van der Waals surface area (Å²) in [4.78, 5) is 33.0. The maximum Gasteiger partial charge on any atom is 0.325 e. The Morgan fingerprint density at radius 2 is 1.41 bits per heavy atom. The van der Waals surface area contributed by atoms with E-state index < -0.39 is 35.9 Å². The van der Waals surface area contributed by atoms with Crippen molar-refractivity contribution in [3.63, 3.8) is 0 Å². The second kappa shape index (κ2) is 7.58. The molecule has 2 amide bonds. The number of rotatable bonds is 5. The van der Waals surface area contributed by atoms with Crippen LogP contribution in [-0.4, -0.2) is 46.5 Å². The largest absolute Gasteiger partial charge is 0.480 e. The SMILES string of the molecule is C[C@H](N)C(=O)N[C@@H](C)C(=O)N[C@@H](C)C(=O)O.O. The summed E-state index contributed by atoms with van der Waals surface area (Å²) in [5, 5.41) is 13.1. The summed E-state index contributed by atoms with van der Waals surface area (Å²) in [5.74, 6) is -2.17. The molecule has 17 heavy (non-hydrogen) atoms. The molecule has 0 aromatic carbocycles. The summed E-state index contributed by atoms with van der Waals surface area (Å²) in [6, 6.07) is -2.53. The van der Waals surface area contributed by atoms with Gasteiger partial charge in [0.1, 0.15) is 12.1 Å². The van der Waals surface area contributed by atoms with Gasteiger partial charge < -0.3 is 26.9 Å². The third-order valence-electron chi connectivity index (χ3n) is 1.89. The van der Waals surface area contributed by atoms with Crippen molar-refractivity contribution in [2.24, 2.45) is 5.73 Å². The molecule has 7 N–H and O–H groups in total. The van der Waals surface area contributed by atoms with Crippen molar-refractivity contribution >= 4 is 17.8 Å². The van der Waals surface area contributed by atoms with Gasteiger partial charge in [0.25, 0.3) is 0 Å². The van der Waals surface area contributed by atoms with Gasteiger partial charge in [-0.2, -0.15) is 0 Å². The van der Waals surface area contributed by atoms with Gasteiger partial charge in [-0.05, 0) is 20.8 Å². The fraction of sp³-hybridized carbons (Fsp3) is 0.667. The van der Waals surface area contributed by atoms with Gasteiger partial charge in [-0.25, -0.2) is 0 Å². The number of carboxylic acids is 1. The quantitative estimate of drug-likeness (QED) is 0.428. The van der Waals surface area contributed by atoms with E-state index in [1.54, 1.807) is 0 Å². The fourth-order valence-electron chi connectivity index (χ4n) is 0.811. The summed E-state index contributed by atoms with van der Waals surface area (Å²) in [7, 11) is 0. The molecule has 0 bridgehead atoms. The molecule has 8 heteroatoms. The van der Waals surface area contributed by atoms with E-state index in [0.717, 1.165) is 0 Å². The minimum absolute atomic E-state index is 0. The zero-order chi connectivity index (χ0) is 12.9. The molecule has 8 nitrogen and oxygen atoms in total. The van der Waals surface area contributed by atoms with Gasteiger partial charge in [0.2, 0.25) is 11.8 Å². The first-order chi connectivity index (χ1) is 7.25. The van der Waals surface area contributed by atoms with Crippen LogP contribution in [0.2, 0.25) is 0 Å². The smallest absolute Gasteiger partial charge is 0.325 e. The second-order valence-electron chi connectivity index (χ2n) is 3.59. The molecule has 0 saturated carbocycles. The lowest BCUT2D eigenvalue weighted by molar-refractivity contribution is -0.141. The van der Waals surface area contributed by atoms with E-state index in [1.165, 1.54) is 20.8 Å². The standard InChI is InChI=1S/C9H17N3O4.H2O/c1-4(10)7(13)11-5(2)8(14)12-6(3)9(15)16;/h4-6H,10H2,1-3H3,(H,11,13)(H,12,14)(H,15,16);1H2/t4-,5-,6-;/m0./s1. The van der Waals surface area contributed by atoms with Crippen LogP contribution in [0.1, 0.15) is 20.8 Å². The van der Waals surface area contributed by atoms with Gasteiger partial charge in [0, 0.05) is 0 Å². The van der Waals surface area contributed by atoms with Crippen LogP contribution in [0.25, 0.3) is 0 Å². The molecular weight excluding hydrogens is 230 g/mol. The fourth-order valence-corrected chi connectivity index (χ4v) is 0.811. The summed E-state index contributed by atoms with van der Waals surface area (Å²) in [5.41, 5.74) is 5.30. The average Bonchev–Trinajstić information content (AvgIpc) is 2.16. The molecule has 3 atom stereocenters. The van der Waals surface area contributed by atoms with Gasteiger partial charge in [0.15, 0.2) is 0 Å². The molecule has 0 spiro atoms. The minimum Gasteiger partial charge on any atom is -0.480 e. The zero-order valence-electron chi connectivity index (χ0n) is 9.98. The first-order valence-electron chi connectivity index (χ1n) is 4.84. The van der Waals surface area contributed by atoms with E-state index in [2.05, 4.69) is 10.6 Å². The van der Waals surface area contributed by atoms with Crippen molar-refractivity contribution < 1.29 is 25.0 Å². The highest BCUT2D eigenvalue weighted by Crippen LogP contribution is 1.88. The minimum atomic E-state index is -1.14. The molecule has 0 radical (unpaired) electrons. The molecule has 0 rings (SSSR count). The summed E-state index contributed by atoms with van der Waals surface area (Å²) >= 11 is 0. The monoisotopic (exact) mass is 249 g/mol. The first kappa shape index (κ1) is 17.7. The van der Waals surface area contributed by atoms with Crippen LogP contribution in [0, 0.1) is 0 Å². The Labute approximate surface area is 98.9 Å². The van der Waals surface area contributed by atoms with Gasteiger partial charge in [-0.3, -0.25) is 14.4 Å². The highest BCUT2D eigenvalue weighted by Gasteiger charge is 2.21. The Balaban J connectivity index is 0. The van der Waals surface area contributed by atoms with Crippen LogP contribution in [0.3, 0.4) is 0 Å². The molecule has 0 heterocycles. The van der Waals surface area contributed by atoms with Crippen molar-refractivity contribution in [2.45, 2.75) is 38.9 Å². The molecule has 0 aromatic rings. The summed E-state index contributed by atoms with van der Waals surface area (Å²) in [6.07, 6.45) is 0. The molecular formula is C9H19N3O5. The van der Waals surface area contributed by atoms with E-state index in [4.69, 9.17) is 10.8 Å². The van der Waals surface area contributed by atoms with Crippen LogP contribution >= 0.6 is 0 Å². The summed E-state index contributed by atoms with van der Waals surface area (Å²) < 4.78 is 0. The van der Waals surface area contributed by atoms with Crippen molar-refractivity contribution in [3.05, 3.63) is 0 Å². The number of carbonyl (C=O) groups excluding carboxylic acids is 2. The zero-order valence-corrected chi connectivity index (χ0v) is 9.98. The van der Waals surface area contributed by atoms with Gasteiger partial charge >= 0.3 is 5.97 Å². The Kier molecular flexibility index (Phi) is 7.90. The normalized spacial score (nSPS) is 14.8. The maximum absolute atomic E-state index is 11.4. The molecule has 0 aromatic heterocycles. The van der Waals surface area contributed by atoms with Crippen LogP contribution in [0.5, 0.6) is 0 Å². The van der Waals surface area contributed by atoms with Gasteiger partial charge in [-0.1, -0.05) is 0 Å². The van der Waals surface area contributed by atoms with Crippen molar-refractivity contribution in [2.75, 3.05) is 0 Å². The van der Waals surface area contributed by atoms with E-state index in [0.29, 0.717) is 0 Å². The van der Waals surface area contributed by atoms with Crippen LogP contribution in [0.15, 0.2) is 0 Å². The molecule has 0 saturated heterocycles. The maximum atomic E-state index is 11.4. The number of nitrogens with one attached hydrogen (secondary N) is 2. The topological polar surface area (TPSA) is 153 Å². The van der Waals surface area contributed by atoms with E-state index in [9.17, 15) is 14.4 Å². The van der Waals surface area contributed by atoms with Gasteiger partial charge in [-0.15, -0.1) is 0 Å². The highest BCUT2D eigenvalue weighted by atomic mass is 16.4. The number of carboxylic acid groups (broad SMARTS) is 1. The third-order valence-corrected chi connectivity index (χ3v) is 1.89.